The molecule has 114 valence electrons. The SMILES string of the molecule is CCC(C)C(N)C(=O)NCCOc1ccccc1C.Cl. The van der Waals surface area contributed by atoms with Crippen LogP contribution in [-0.4, -0.2) is 25.1 Å². The molecule has 0 spiro atoms. The molecule has 2 atom stereocenters. The summed E-state index contributed by atoms with van der Waals surface area (Å²) in [6, 6.07) is 7.37. The van der Waals surface area contributed by atoms with Gasteiger partial charge >= 0.3 is 0 Å². The number of carbonyl (C=O) groups excluding carboxylic acids is 1. The van der Waals surface area contributed by atoms with Crippen LogP contribution in [0.25, 0.3) is 0 Å². The van der Waals surface area contributed by atoms with E-state index in [4.69, 9.17) is 10.5 Å². The van der Waals surface area contributed by atoms with Crippen molar-refractivity contribution in [2.45, 2.75) is 33.2 Å². The Hall–Kier alpha value is -1.26. The van der Waals surface area contributed by atoms with Crippen LogP contribution in [-0.2, 0) is 4.79 Å². The minimum absolute atomic E-state index is 0. The van der Waals surface area contributed by atoms with E-state index in [2.05, 4.69) is 5.32 Å². The van der Waals surface area contributed by atoms with Crippen LogP contribution in [0, 0.1) is 12.8 Å². The lowest BCUT2D eigenvalue weighted by Gasteiger charge is -2.17. The van der Waals surface area contributed by atoms with Gasteiger partial charge in [-0.15, -0.1) is 12.4 Å². The Balaban J connectivity index is 0.00000361. The molecule has 3 N–H and O–H groups in total. The lowest BCUT2D eigenvalue weighted by atomic mass is 9.99. The normalized spacial score (nSPS) is 13.0. The third-order valence-electron chi connectivity index (χ3n) is 3.31. The summed E-state index contributed by atoms with van der Waals surface area (Å²) >= 11 is 0. The molecule has 0 aliphatic carbocycles. The Kier molecular flexibility index (Phi) is 9.01. The summed E-state index contributed by atoms with van der Waals surface area (Å²) in [7, 11) is 0. The number of hydrogen-bond acceptors (Lipinski definition) is 3. The van der Waals surface area contributed by atoms with Gasteiger partial charge in [-0.1, -0.05) is 38.5 Å². The van der Waals surface area contributed by atoms with Gasteiger partial charge in [0.2, 0.25) is 5.91 Å². The van der Waals surface area contributed by atoms with Gasteiger partial charge in [-0.2, -0.15) is 0 Å². The van der Waals surface area contributed by atoms with E-state index in [0.717, 1.165) is 17.7 Å². The molecular formula is C15H25ClN2O2. The summed E-state index contributed by atoms with van der Waals surface area (Å²) in [6.45, 7) is 6.92. The number of para-hydroxylation sites is 1. The predicted octanol–water partition coefficient (Wildman–Crippen LogP) is 2.29. The van der Waals surface area contributed by atoms with E-state index in [-0.39, 0.29) is 24.2 Å². The fraction of sp³-hybridized carbons (Fsp3) is 0.533. The summed E-state index contributed by atoms with van der Waals surface area (Å²) in [5, 5.41) is 2.80. The van der Waals surface area contributed by atoms with Crippen LogP contribution >= 0.6 is 12.4 Å². The number of ether oxygens (including phenoxy) is 1. The molecular weight excluding hydrogens is 276 g/mol. The second kappa shape index (κ2) is 9.61. The fourth-order valence-corrected chi connectivity index (χ4v) is 1.68. The van der Waals surface area contributed by atoms with Crippen LogP contribution in [0.5, 0.6) is 5.75 Å². The van der Waals surface area contributed by atoms with Crippen molar-refractivity contribution in [3.63, 3.8) is 0 Å². The largest absolute Gasteiger partial charge is 0.491 e. The molecule has 0 heterocycles. The average Bonchev–Trinajstić information content (AvgIpc) is 2.43. The van der Waals surface area contributed by atoms with Crippen LogP contribution in [0.15, 0.2) is 24.3 Å². The molecule has 1 amide bonds. The first-order valence-corrected chi connectivity index (χ1v) is 6.78. The van der Waals surface area contributed by atoms with Gasteiger partial charge in [0.15, 0.2) is 0 Å². The van der Waals surface area contributed by atoms with E-state index in [1.54, 1.807) is 0 Å². The minimum Gasteiger partial charge on any atom is -0.491 e. The summed E-state index contributed by atoms with van der Waals surface area (Å²) in [5.74, 6) is 0.933. The number of aryl methyl sites for hydroxylation is 1. The fourth-order valence-electron chi connectivity index (χ4n) is 1.68. The first kappa shape index (κ1) is 18.7. The molecule has 0 fully saturated rings. The monoisotopic (exact) mass is 300 g/mol. The number of halogens is 1. The third kappa shape index (κ3) is 5.80. The van der Waals surface area contributed by atoms with Crippen molar-refractivity contribution in [2.24, 2.45) is 11.7 Å². The molecule has 5 heteroatoms. The molecule has 0 radical (unpaired) electrons. The van der Waals surface area contributed by atoms with E-state index in [0.29, 0.717) is 13.2 Å². The summed E-state index contributed by atoms with van der Waals surface area (Å²) in [4.78, 5) is 11.7. The summed E-state index contributed by atoms with van der Waals surface area (Å²) < 4.78 is 5.60. The molecule has 0 aliphatic rings. The maximum absolute atomic E-state index is 11.7. The lowest BCUT2D eigenvalue weighted by molar-refractivity contribution is -0.123. The Morgan fingerprint density at radius 2 is 2.05 bits per heavy atom. The Labute approximate surface area is 127 Å². The highest BCUT2D eigenvalue weighted by atomic mass is 35.5. The predicted molar refractivity (Wildman–Crippen MR) is 84.4 cm³/mol. The first-order valence-electron chi connectivity index (χ1n) is 6.78. The lowest BCUT2D eigenvalue weighted by Crippen LogP contribution is -2.45. The number of nitrogens with two attached hydrogens (primary N) is 1. The zero-order valence-corrected chi connectivity index (χ0v) is 13.2. The number of rotatable bonds is 7. The molecule has 0 saturated heterocycles. The Morgan fingerprint density at radius 1 is 1.40 bits per heavy atom. The van der Waals surface area contributed by atoms with Crippen LogP contribution in [0.2, 0.25) is 0 Å². The van der Waals surface area contributed by atoms with Crippen LogP contribution < -0.4 is 15.8 Å². The molecule has 0 saturated carbocycles. The number of hydrogen-bond donors (Lipinski definition) is 2. The topological polar surface area (TPSA) is 64.4 Å². The zero-order valence-electron chi connectivity index (χ0n) is 12.4. The van der Waals surface area contributed by atoms with Gasteiger partial charge < -0.3 is 15.8 Å². The Bertz CT molecular complexity index is 413. The van der Waals surface area contributed by atoms with Crippen molar-refractivity contribution in [1.29, 1.82) is 0 Å². The number of carbonyl (C=O) groups is 1. The molecule has 4 nitrogen and oxygen atoms in total. The van der Waals surface area contributed by atoms with E-state index in [9.17, 15) is 4.79 Å². The van der Waals surface area contributed by atoms with Crippen LogP contribution in [0.3, 0.4) is 0 Å². The average molecular weight is 301 g/mol. The van der Waals surface area contributed by atoms with Crippen molar-refractivity contribution in [2.75, 3.05) is 13.2 Å². The van der Waals surface area contributed by atoms with Gasteiger partial charge in [-0.25, -0.2) is 0 Å². The van der Waals surface area contributed by atoms with Crippen molar-refractivity contribution >= 4 is 18.3 Å². The minimum atomic E-state index is -0.441. The van der Waals surface area contributed by atoms with Crippen molar-refractivity contribution in [3.8, 4) is 5.75 Å². The maximum Gasteiger partial charge on any atom is 0.237 e. The quantitative estimate of drug-likeness (QED) is 0.759. The molecule has 1 aromatic rings. The highest BCUT2D eigenvalue weighted by Gasteiger charge is 2.18. The van der Waals surface area contributed by atoms with Gasteiger partial charge in [-0.05, 0) is 24.5 Å². The molecule has 2 unspecified atom stereocenters. The number of benzene rings is 1. The van der Waals surface area contributed by atoms with Crippen molar-refractivity contribution < 1.29 is 9.53 Å². The zero-order chi connectivity index (χ0) is 14.3. The van der Waals surface area contributed by atoms with Gasteiger partial charge in [0.25, 0.3) is 0 Å². The van der Waals surface area contributed by atoms with Gasteiger partial charge in [0, 0.05) is 0 Å². The van der Waals surface area contributed by atoms with Gasteiger partial charge in [0.1, 0.15) is 12.4 Å². The first-order chi connectivity index (χ1) is 9.06. The van der Waals surface area contributed by atoms with E-state index >= 15 is 0 Å². The highest BCUT2D eigenvalue weighted by Crippen LogP contribution is 2.15. The summed E-state index contributed by atoms with van der Waals surface area (Å²) in [5.41, 5.74) is 6.92. The van der Waals surface area contributed by atoms with Crippen LogP contribution in [0.4, 0.5) is 0 Å². The van der Waals surface area contributed by atoms with E-state index in [1.807, 2.05) is 45.0 Å². The van der Waals surface area contributed by atoms with Gasteiger partial charge in [0.05, 0.1) is 12.6 Å². The van der Waals surface area contributed by atoms with Crippen molar-refractivity contribution in [1.82, 2.24) is 5.32 Å². The van der Waals surface area contributed by atoms with Gasteiger partial charge in [-0.3, -0.25) is 4.79 Å². The molecule has 20 heavy (non-hydrogen) atoms. The molecule has 1 aromatic carbocycles. The highest BCUT2D eigenvalue weighted by molar-refractivity contribution is 5.85. The number of nitrogens with one attached hydrogen (secondary N) is 1. The number of amides is 1. The van der Waals surface area contributed by atoms with E-state index < -0.39 is 6.04 Å². The van der Waals surface area contributed by atoms with E-state index in [1.165, 1.54) is 0 Å². The molecule has 0 aliphatic heterocycles. The summed E-state index contributed by atoms with van der Waals surface area (Å²) in [6.07, 6.45) is 0.897. The third-order valence-corrected chi connectivity index (χ3v) is 3.31. The smallest absolute Gasteiger partial charge is 0.237 e. The van der Waals surface area contributed by atoms with Crippen molar-refractivity contribution in [3.05, 3.63) is 29.8 Å². The maximum atomic E-state index is 11.7. The Morgan fingerprint density at radius 3 is 2.65 bits per heavy atom. The molecule has 0 bridgehead atoms. The molecule has 1 rings (SSSR count). The second-order valence-electron chi connectivity index (χ2n) is 4.82. The standard InChI is InChI=1S/C15H24N2O2.ClH/c1-4-11(2)14(16)15(18)17-9-10-19-13-8-6-5-7-12(13)3;/h5-8,11,14H,4,9-10,16H2,1-3H3,(H,17,18);1H. The van der Waals surface area contributed by atoms with Crippen LogP contribution in [0.1, 0.15) is 25.8 Å². The molecule has 0 aromatic heterocycles. The second-order valence-corrected chi connectivity index (χ2v) is 4.82.